The molecule has 8 nitrogen and oxygen atoms in total. The predicted octanol–water partition coefficient (Wildman–Crippen LogP) is 1.71. The van der Waals surface area contributed by atoms with E-state index in [2.05, 4.69) is 4.98 Å². The second kappa shape index (κ2) is 7.58. The summed E-state index contributed by atoms with van der Waals surface area (Å²) in [4.78, 5) is 20.0. The number of carbonyl (C=O) groups is 1. The van der Waals surface area contributed by atoms with Gasteiger partial charge in [-0.25, -0.2) is 13.4 Å². The van der Waals surface area contributed by atoms with Crippen molar-refractivity contribution in [1.82, 2.24) is 18.8 Å². The van der Waals surface area contributed by atoms with E-state index in [1.54, 1.807) is 28.8 Å². The standard InChI is InChI=1S/C18H24N4O4S2/c1-13-16(18(23)21-7-9-26-10-8-21)27-17(19-13)15-11-14(12-20(15)2)28(24,25)22-5-3-4-6-22/h11-12H,3-10H2,1-2H3. The first kappa shape index (κ1) is 19.6. The van der Waals surface area contributed by atoms with Gasteiger partial charge in [-0.05, 0) is 25.8 Å². The first-order valence-corrected chi connectivity index (χ1v) is 11.6. The van der Waals surface area contributed by atoms with E-state index in [0.717, 1.165) is 12.8 Å². The molecule has 0 aliphatic carbocycles. The van der Waals surface area contributed by atoms with Gasteiger partial charge in [0.2, 0.25) is 10.0 Å². The van der Waals surface area contributed by atoms with E-state index in [-0.39, 0.29) is 10.8 Å². The van der Waals surface area contributed by atoms with E-state index < -0.39 is 10.0 Å². The Balaban J connectivity index is 1.63. The van der Waals surface area contributed by atoms with Gasteiger partial charge in [0.05, 0.1) is 24.6 Å². The summed E-state index contributed by atoms with van der Waals surface area (Å²) in [5, 5.41) is 0.652. The number of aryl methyl sites for hydroxylation is 2. The molecule has 2 aliphatic rings. The lowest BCUT2D eigenvalue weighted by Crippen LogP contribution is -2.40. The average molecular weight is 425 g/mol. The highest BCUT2D eigenvalue weighted by Gasteiger charge is 2.30. The number of hydrogen-bond donors (Lipinski definition) is 0. The van der Waals surface area contributed by atoms with Gasteiger partial charge in [0, 0.05) is 39.4 Å². The fourth-order valence-electron chi connectivity index (χ4n) is 3.58. The Morgan fingerprint density at radius 3 is 2.54 bits per heavy atom. The topological polar surface area (TPSA) is 84.7 Å². The van der Waals surface area contributed by atoms with Gasteiger partial charge in [-0.15, -0.1) is 11.3 Å². The van der Waals surface area contributed by atoms with E-state index in [0.29, 0.717) is 60.7 Å². The van der Waals surface area contributed by atoms with Gasteiger partial charge in [0.25, 0.3) is 5.91 Å². The molecule has 152 valence electrons. The Bertz CT molecular complexity index is 983. The van der Waals surface area contributed by atoms with Gasteiger partial charge in [0.1, 0.15) is 14.8 Å². The van der Waals surface area contributed by atoms with Crippen LogP contribution in [0.15, 0.2) is 17.2 Å². The Labute approximate surface area is 168 Å². The molecule has 2 aromatic heterocycles. The normalized spacial score (nSPS) is 18.7. The van der Waals surface area contributed by atoms with Crippen LogP contribution in [0.4, 0.5) is 0 Å². The van der Waals surface area contributed by atoms with Crippen LogP contribution in [-0.4, -0.2) is 72.5 Å². The first-order valence-electron chi connectivity index (χ1n) is 9.39. The summed E-state index contributed by atoms with van der Waals surface area (Å²) >= 11 is 1.31. The zero-order chi connectivity index (χ0) is 19.9. The summed E-state index contributed by atoms with van der Waals surface area (Å²) in [6.07, 6.45) is 3.43. The van der Waals surface area contributed by atoms with Crippen molar-refractivity contribution >= 4 is 27.3 Å². The number of rotatable bonds is 4. The molecule has 1 amide bonds. The molecule has 2 saturated heterocycles. The zero-order valence-electron chi connectivity index (χ0n) is 16.0. The minimum Gasteiger partial charge on any atom is -0.378 e. The lowest BCUT2D eigenvalue weighted by molar-refractivity contribution is 0.0305. The van der Waals surface area contributed by atoms with Crippen molar-refractivity contribution < 1.29 is 17.9 Å². The zero-order valence-corrected chi connectivity index (χ0v) is 17.7. The fourth-order valence-corrected chi connectivity index (χ4v) is 6.26. The maximum atomic E-state index is 12.8. The smallest absolute Gasteiger partial charge is 0.266 e. The third kappa shape index (κ3) is 3.49. The van der Waals surface area contributed by atoms with Gasteiger partial charge in [-0.1, -0.05) is 0 Å². The highest BCUT2D eigenvalue weighted by atomic mass is 32.2. The van der Waals surface area contributed by atoms with Crippen LogP contribution in [-0.2, 0) is 21.8 Å². The molecule has 2 fully saturated rings. The molecule has 0 aromatic carbocycles. The second-order valence-electron chi connectivity index (χ2n) is 7.12. The predicted molar refractivity (Wildman–Crippen MR) is 106 cm³/mol. The number of hydrogen-bond acceptors (Lipinski definition) is 6. The SMILES string of the molecule is Cc1nc(-c2cc(S(=O)(=O)N3CCCC3)cn2C)sc1C(=O)N1CCOCC1. The fraction of sp³-hybridized carbons (Fsp3) is 0.556. The van der Waals surface area contributed by atoms with E-state index in [4.69, 9.17) is 4.74 Å². The van der Waals surface area contributed by atoms with E-state index in [1.165, 1.54) is 15.6 Å². The summed E-state index contributed by atoms with van der Waals surface area (Å²) in [7, 11) is -1.68. The number of thiazole rings is 1. The van der Waals surface area contributed by atoms with Crippen molar-refractivity contribution in [2.24, 2.45) is 7.05 Å². The number of morpholine rings is 1. The summed E-state index contributed by atoms with van der Waals surface area (Å²) in [6, 6.07) is 1.66. The number of nitrogens with zero attached hydrogens (tertiary/aromatic N) is 4. The largest absolute Gasteiger partial charge is 0.378 e. The first-order chi connectivity index (χ1) is 13.4. The molecule has 0 bridgehead atoms. The molecule has 2 aliphatic heterocycles. The number of carbonyl (C=O) groups excluding carboxylic acids is 1. The molecule has 10 heteroatoms. The molecule has 0 saturated carbocycles. The van der Waals surface area contributed by atoms with Gasteiger partial charge in [-0.2, -0.15) is 4.31 Å². The molecule has 2 aromatic rings. The molecule has 28 heavy (non-hydrogen) atoms. The Kier molecular flexibility index (Phi) is 5.30. The summed E-state index contributed by atoms with van der Waals surface area (Å²) in [5.41, 5.74) is 1.37. The molecule has 4 heterocycles. The van der Waals surface area contributed by atoms with Crippen molar-refractivity contribution in [1.29, 1.82) is 0 Å². The van der Waals surface area contributed by atoms with Gasteiger partial charge in [0.15, 0.2) is 0 Å². The van der Waals surface area contributed by atoms with E-state index in [9.17, 15) is 13.2 Å². The second-order valence-corrected chi connectivity index (χ2v) is 10.1. The van der Waals surface area contributed by atoms with Crippen LogP contribution >= 0.6 is 11.3 Å². The molecule has 0 N–H and O–H groups in total. The van der Waals surface area contributed by atoms with Crippen LogP contribution in [0.25, 0.3) is 10.7 Å². The van der Waals surface area contributed by atoms with Gasteiger partial charge < -0.3 is 14.2 Å². The third-order valence-corrected chi connectivity index (χ3v) is 8.22. The van der Waals surface area contributed by atoms with Crippen LogP contribution in [0.2, 0.25) is 0 Å². The number of sulfonamides is 1. The summed E-state index contributed by atoms with van der Waals surface area (Å²) in [6.45, 7) is 5.21. The van der Waals surface area contributed by atoms with Crippen molar-refractivity contribution in [3.63, 3.8) is 0 Å². The maximum Gasteiger partial charge on any atom is 0.266 e. The Morgan fingerprint density at radius 2 is 1.86 bits per heavy atom. The number of aromatic nitrogens is 2. The minimum absolute atomic E-state index is 0.0383. The molecule has 0 radical (unpaired) electrons. The quantitative estimate of drug-likeness (QED) is 0.746. The van der Waals surface area contributed by atoms with Crippen LogP contribution < -0.4 is 0 Å². The molecule has 0 atom stereocenters. The minimum atomic E-state index is -3.48. The molecule has 0 spiro atoms. The summed E-state index contributed by atoms with van der Waals surface area (Å²) < 4.78 is 34.3. The number of ether oxygens (including phenoxy) is 1. The lowest BCUT2D eigenvalue weighted by Gasteiger charge is -2.26. The third-order valence-electron chi connectivity index (χ3n) is 5.19. The van der Waals surface area contributed by atoms with Crippen molar-refractivity contribution in [3.8, 4) is 10.7 Å². The van der Waals surface area contributed by atoms with E-state index in [1.807, 2.05) is 6.92 Å². The highest BCUT2D eigenvalue weighted by molar-refractivity contribution is 7.89. The molecule has 0 unspecified atom stereocenters. The highest BCUT2D eigenvalue weighted by Crippen LogP contribution is 2.32. The average Bonchev–Trinajstić information content (AvgIpc) is 3.42. The van der Waals surface area contributed by atoms with Gasteiger partial charge in [-0.3, -0.25) is 4.79 Å². The molecular weight excluding hydrogens is 400 g/mol. The molecule has 4 rings (SSSR count). The van der Waals surface area contributed by atoms with Crippen molar-refractivity contribution in [2.45, 2.75) is 24.7 Å². The van der Waals surface area contributed by atoms with Crippen LogP contribution in [0.3, 0.4) is 0 Å². The number of amides is 1. The lowest BCUT2D eigenvalue weighted by atomic mass is 10.3. The van der Waals surface area contributed by atoms with Crippen molar-refractivity contribution in [2.75, 3.05) is 39.4 Å². The maximum absolute atomic E-state index is 12.8. The van der Waals surface area contributed by atoms with Gasteiger partial charge >= 0.3 is 0 Å². The Hall–Kier alpha value is -1.75. The monoisotopic (exact) mass is 424 g/mol. The summed E-state index contributed by atoms with van der Waals surface area (Å²) in [5.74, 6) is -0.0383. The van der Waals surface area contributed by atoms with Crippen LogP contribution in [0, 0.1) is 6.92 Å². The van der Waals surface area contributed by atoms with Crippen molar-refractivity contribution in [3.05, 3.63) is 22.8 Å². The van der Waals surface area contributed by atoms with Crippen LogP contribution in [0.5, 0.6) is 0 Å². The molecular formula is C18H24N4O4S2. The van der Waals surface area contributed by atoms with Crippen LogP contribution in [0.1, 0.15) is 28.2 Å². The Morgan fingerprint density at radius 1 is 1.18 bits per heavy atom. The van der Waals surface area contributed by atoms with E-state index >= 15 is 0 Å².